The Morgan fingerprint density at radius 1 is 1.38 bits per heavy atom. The van der Waals surface area contributed by atoms with Gasteiger partial charge in [-0.15, -0.1) is 11.3 Å². The summed E-state index contributed by atoms with van der Waals surface area (Å²) >= 11 is 1.62. The van der Waals surface area contributed by atoms with Gasteiger partial charge in [0.2, 0.25) is 5.95 Å². The van der Waals surface area contributed by atoms with Crippen LogP contribution in [-0.2, 0) is 11.2 Å². The molecule has 2 N–H and O–H groups in total. The first-order valence-corrected chi connectivity index (χ1v) is 7.35. The van der Waals surface area contributed by atoms with Crippen LogP contribution in [0.5, 0.6) is 0 Å². The molecule has 6 nitrogen and oxygen atoms in total. The number of methoxy groups -OCH3 is 1. The highest BCUT2D eigenvalue weighted by Gasteiger charge is 2.15. The molecular weight excluding hydrogens is 286 g/mol. The molecule has 0 radical (unpaired) electrons. The van der Waals surface area contributed by atoms with Crippen molar-refractivity contribution in [3.63, 3.8) is 0 Å². The number of aromatic nitrogens is 4. The van der Waals surface area contributed by atoms with Crippen molar-refractivity contribution in [2.45, 2.75) is 6.42 Å². The SMILES string of the molecule is COCCc1nc(-n2ccnc2)nc(N)c1-c1cccs1. The highest BCUT2D eigenvalue weighted by atomic mass is 32.1. The Kier molecular flexibility index (Phi) is 3.94. The highest BCUT2D eigenvalue weighted by Crippen LogP contribution is 2.32. The van der Waals surface area contributed by atoms with Gasteiger partial charge in [-0.25, -0.2) is 9.97 Å². The zero-order valence-corrected chi connectivity index (χ0v) is 12.4. The van der Waals surface area contributed by atoms with Crippen LogP contribution in [0, 0.1) is 0 Å². The van der Waals surface area contributed by atoms with Gasteiger partial charge < -0.3 is 10.5 Å². The average Bonchev–Trinajstić information content (AvgIpc) is 3.17. The van der Waals surface area contributed by atoms with Crippen molar-refractivity contribution in [2.75, 3.05) is 19.5 Å². The molecule has 0 aromatic carbocycles. The summed E-state index contributed by atoms with van der Waals surface area (Å²) in [7, 11) is 1.67. The Bertz CT molecular complexity index is 709. The van der Waals surface area contributed by atoms with Gasteiger partial charge in [0.15, 0.2) is 0 Å². The van der Waals surface area contributed by atoms with Gasteiger partial charge in [-0.1, -0.05) is 6.07 Å². The lowest BCUT2D eigenvalue weighted by molar-refractivity contribution is 0.201. The highest BCUT2D eigenvalue weighted by molar-refractivity contribution is 7.13. The van der Waals surface area contributed by atoms with Crippen LogP contribution in [0.4, 0.5) is 5.82 Å². The number of ether oxygens (including phenoxy) is 1. The van der Waals surface area contributed by atoms with Crippen LogP contribution in [-0.4, -0.2) is 33.2 Å². The maximum absolute atomic E-state index is 6.17. The molecule has 0 spiro atoms. The van der Waals surface area contributed by atoms with Gasteiger partial charge in [0.1, 0.15) is 12.1 Å². The summed E-state index contributed by atoms with van der Waals surface area (Å²) in [6, 6.07) is 4.01. The molecule has 3 aromatic heterocycles. The van der Waals surface area contributed by atoms with Gasteiger partial charge in [-0.2, -0.15) is 4.98 Å². The second-order valence-corrected chi connectivity index (χ2v) is 5.37. The number of imidazole rings is 1. The van der Waals surface area contributed by atoms with E-state index in [0.717, 1.165) is 16.1 Å². The lowest BCUT2D eigenvalue weighted by atomic mass is 10.1. The maximum Gasteiger partial charge on any atom is 0.237 e. The number of hydrogen-bond acceptors (Lipinski definition) is 6. The summed E-state index contributed by atoms with van der Waals surface area (Å²) in [4.78, 5) is 14.1. The Balaban J connectivity index is 2.11. The predicted octanol–water partition coefficient (Wildman–Crippen LogP) is 2.16. The van der Waals surface area contributed by atoms with E-state index < -0.39 is 0 Å². The summed E-state index contributed by atoms with van der Waals surface area (Å²) in [5.41, 5.74) is 7.95. The molecule has 0 aliphatic heterocycles. The van der Waals surface area contributed by atoms with Crippen LogP contribution >= 0.6 is 11.3 Å². The molecule has 0 aliphatic rings. The second-order valence-electron chi connectivity index (χ2n) is 4.42. The van der Waals surface area contributed by atoms with E-state index in [9.17, 15) is 0 Å². The molecule has 3 rings (SSSR count). The van der Waals surface area contributed by atoms with Gasteiger partial charge in [-0.3, -0.25) is 4.57 Å². The Labute approximate surface area is 126 Å². The topological polar surface area (TPSA) is 78.8 Å². The molecule has 0 aliphatic carbocycles. The third-order valence-corrected chi connectivity index (χ3v) is 3.93. The van der Waals surface area contributed by atoms with E-state index in [1.165, 1.54) is 0 Å². The minimum absolute atomic E-state index is 0.474. The number of anilines is 1. The standard InChI is InChI=1S/C14H15N5OS/c1-20-7-4-10-12(11-3-2-8-21-11)13(15)18-14(17-10)19-6-5-16-9-19/h2-3,5-6,8-9H,4,7H2,1H3,(H2,15,17,18). The lowest BCUT2D eigenvalue weighted by Crippen LogP contribution is -2.09. The number of nitrogen functional groups attached to an aromatic ring is 1. The lowest BCUT2D eigenvalue weighted by Gasteiger charge is -2.12. The fourth-order valence-corrected chi connectivity index (χ4v) is 2.88. The van der Waals surface area contributed by atoms with Gasteiger partial charge >= 0.3 is 0 Å². The van der Waals surface area contributed by atoms with Gasteiger partial charge in [0.25, 0.3) is 0 Å². The summed E-state index contributed by atoms with van der Waals surface area (Å²) in [5, 5.41) is 2.01. The Morgan fingerprint density at radius 2 is 2.29 bits per heavy atom. The second kappa shape index (κ2) is 6.02. The Hall–Kier alpha value is -2.25. The Morgan fingerprint density at radius 3 is 2.95 bits per heavy atom. The normalized spacial score (nSPS) is 10.9. The molecule has 0 amide bonds. The fourth-order valence-electron chi connectivity index (χ4n) is 2.07. The van der Waals surface area contributed by atoms with Crippen LogP contribution in [0.25, 0.3) is 16.4 Å². The quantitative estimate of drug-likeness (QED) is 0.781. The van der Waals surface area contributed by atoms with Crippen LogP contribution in [0.1, 0.15) is 5.69 Å². The molecule has 0 saturated carbocycles. The van der Waals surface area contributed by atoms with E-state index in [1.54, 1.807) is 41.7 Å². The molecule has 0 bridgehead atoms. The first-order chi connectivity index (χ1) is 10.3. The molecule has 3 aromatic rings. The monoisotopic (exact) mass is 301 g/mol. The summed E-state index contributed by atoms with van der Waals surface area (Å²) in [6.07, 6.45) is 5.80. The zero-order chi connectivity index (χ0) is 14.7. The molecule has 7 heteroatoms. The smallest absolute Gasteiger partial charge is 0.237 e. The number of thiophene rings is 1. The van der Waals surface area contributed by atoms with Crippen LogP contribution in [0.3, 0.4) is 0 Å². The fraction of sp³-hybridized carbons (Fsp3) is 0.214. The first-order valence-electron chi connectivity index (χ1n) is 6.47. The van der Waals surface area contributed by atoms with E-state index in [2.05, 4.69) is 15.0 Å². The van der Waals surface area contributed by atoms with Crippen LogP contribution < -0.4 is 5.73 Å². The van der Waals surface area contributed by atoms with Crippen molar-refractivity contribution in [3.8, 4) is 16.4 Å². The van der Waals surface area contributed by atoms with Crippen molar-refractivity contribution in [2.24, 2.45) is 0 Å². The van der Waals surface area contributed by atoms with Crippen LogP contribution in [0.15, 0.2) is 36.2 Å². The number of nitrogens with zero attached hydrogens (tertiary/aromatic N) is 4. The third-order valence-electron chi connectivity index (χ3n) is 3.05. The molecule has 0 unspecified atom stereocenters. The zero-order valence-electron chi connectivity index (χ0n) is 11.6. The van der Waals surface area contributed by atoms with Crippen molar-refractivity contribution >= 4 is 17.2 Å². The van der Waals surface area contributed by atoms with E-state index in [1.807, 2.05) is 17.5 Å². The van der Waals surface area contributed by atoms with Gasteiger partial charge in [-0.05, 0) is 11.4 Å². The minimum Gasteiger partial charge on any atom is -0.384 e. The molecule has 0 atom stereocenters. The first kappa shape index (κ1) is 13.7. The molecule has 108 valence electrons. The molecule has 0 fully saturated rings. The van der Waals surface area contributed by atoms with Gasteiger partial charge in [0.05, 0.1) is 17.9 Å². The largest absolute Gasteiger partial charge is 0.384 e. The summed E-state index contributed by atoms with van der Waals surface area (Å²) in [6.45, 7) is 0.582. The van der Waals surface area contributed by atoms with Crippen molar-refractivity contribution in [1.29, 1.82) is 0 Å². The summed E-state index contributed by atoms with van der Waals surface area (Å²) < 4.78 is 6.91. The van der Waals surface area contributed by atoms with E-state index in [-0.39, 0.29) is 0 Å². The van der Waals surface area contributed by atoms with Crippen molar-refractivity contribution in [3.05, 3.63) is 41.9 Å². The average molecular weight is 301 g/mol. The molecule has 3 heterocycles. The van der Waals surface area contributed by atoms with E-state index >= 15 is 0 Å². The van der Waals surface area contributed by atoms with Crippen molar-refractivity contribution in [1.82, 2.24) is 19.5 Å². The molecular formula is C14H15N5OS. The van der Waals surface area contributed by atoms with E-state index in [0.29, 0.717) is 24.8 Å². The van der Waals surface area contributed by atoms with Crippen LogP contribution in [0.2, 0.25) is 0 Å². The maximum atomic E-state index is 6.17. The summed E-state index contributed by atoms with van der Waals surface area (Å²) in [5.74, 6) is 0.999. The third kappa shape index (κ3) is 2.79. The molecule has 21 heavy (non-hydrogen) atoms. The van der Waals surface area contributed by atoms with Crippen molar-refractivity contribution < 1.29 is 4.74 Å². The molecule has 0 saturated heterocycles. The predicted molar refractivity (Wildman–Crippen MR) is 82.5 cm³/mol. The minimum atomic E-state index is 0.474. The van der Waals surface area contributed by atoms with Gasteiger partial charge in [0, 0.05) is 30.8 Å². The van der Waals surface area contributed by atoms with E-state index in [4.69, 9.17) is 10.5 Å². The number of nitrogens with two attached hydrogens (primary N) is 1. The number of hydrogen-bond donors (Lipinski definition) is 1. The number of rotatable bonds is 5.